The van der Waals surface area contributed by atoms with Crippen LogP contribution in [-0.2, 0) is 7.05 Å². The quantitative estimate of drug-likeness (QED) is 0.810. The van der Waals surface area contributed by atoms with Gasteiger partial charge in [-0.25, -0.2) is 0 Å². The Labute approximate surface area is 92.7 Å². The Balaban J connectivity index is 2.67. The van der Waals surface area contributed by atoms with Gasteiger partial charge in [-0.05, 0) is 19.3 Å². The Morgan fingerprint density at radius 2 is 2.00 bits per heavy atom. The topological polar surface area (TPSA) is 43.8 Å². The number of hydrogen-bond donors (Lipinski definition) is 1. The second kappa shape index (κ2) is 5.31. The van der Waals surface area contributed by atoms with Gasteiger partial charge in [0.2, 0.25) is 0 Å². The van der Waals surface area contributed by atoms with Crippen molar-refractivity contribution in [2.24, 2.45) is 18.7 Å². The van der Waals surface area contributed by atoms with Gasteiger partial charge in [-0.3, -0.25) is 4.68 Å². The number of hydrogen-bond acceptors (Lipinski definition) is 2. The molecule has 1 unspecified atom stereocenters. The van der Waals surface area contributed by atoms with Crippen LogP contribution >= 0.6 is 0 Å². The molecule has 0 amide bonds. The largest absolute Gasteiger partial charge is 0.324 e. The molecule has 0 aliphatic rings. The summed E-state index contributed by atoms with van der Waals surface area (Å²) >= 11 is 0. The second-order valence-corrected chi connectivity index (χ2v) is 4.37. The number of nitrogens with two attached hydrogens (primary N) is 1. The standard InChI is InChI=1S/C12H23N3/c1-5-10(6-2)7-12(13)11-8-15(4)14-9(11)3/h8,10,12H,5-7,13H2,1-4H3. The number of rotatable bonds is 5. The normalized spacial score (nSPS) is 13.5. The van der Waals surface area contributed by atoms with Crippen LogP contribution in [0.5, 0.6) is 0 Å². The highest BCUT2D eigenvalue weighted by Gasteiger charge is 2.15. The molecule has 0 aliphatic heterocycles. The van der Waals surface area contributed by atoms with Gasteiger partial charge >= 0.3 is 0 Å². The summed E-state index contributed by atoms with van der Waals surface area (Å²) in [6, 6.07) is 0.142. The molecule has 0 aromatic carbocycles. The first-order valence-electron chi connectivity index (χ1n) is 5.84. The molecule has 0 saturated carbocycles. The molecular weight excluding hydrogens is 186 g/mol. The molecule has 2 N–H and O–H groups in total. The maximum Gasteiger partial charge on any atom is 0.0641 e. The maximum atomic E-state index is 6.21. The van der Waals surface area contributed by atoms with Crippen LogP contribution in [-0.4, -0.2) is 9.78 Å². The smallest absolute Gasteiger partial charge is 0.0641 e. The molecule has 1 atom stereocenters. The summed E-state index contributed by atoms with van der Waals surface area (Å²) in [6.45, 7) is 6.50. The van der Waals surface area contributed by atoms with Gasteiger partial charge in [0.25, 0.3) is 0 Å². The van der Waals surface area contributed by atoms with E-state index in [9.17, 15) is 0 Å². The van der Waals surface area contributed by atoms with Gasteiger partial charge in [-0.1, -0.05) is 26.7 Å². The van der Waals surface area contributed by atoms with E-state index in [4.69, 9.17) is 5.73 Å². The molecule has 0 spiro atoms. The predicted molar refractivity (Wildman–Crippen MR) is 63.6 cm³/mol. The number of aromatic nitrogens is 2. The van der Waals surface area contributed by atoms with Crippen LogP contribution in [0.2, 0.25) is 0 Å². The lowest BCUT2D eigenvalue weighted by atomic mass is 9.92. The molecule has 3 nitrogen and oxygen atoms in total. The molecule has 1 aromatic heterocycles. The average Bonchev–Trinajstić information content (AvgIpc) is 2.54. The maximum absolute atomic E-state index is 6.21. The zero-order valence-corrected chi connectivity index (χ0v) is 10.3. The van der Waals surface area contributed by atoms with E-state index in [2.05, 4.69) is 18.9 Å². The lowest BCUT2D eigenvalue weighted by Gasteiger charge is -2.17. The molecule has 0 aliphatic carbocycles. The van der Waals surface area contributed by atoms with Crippen molar-refractivity contribution < 1.29 is 0 Å². The van der Waals surface area contributed by atoms with E-state index < -0.39 is 0 Å². The van der Waals surface area contributed by atoms with Crippen molar-refractivity contribution in [3.05, 3.63) is 17.5 Å². The molecule has 1 aromatic rings. The van der Waals surface area contributed by atoms with Crippen LogP contribution < -0.4 is 5.73 Å². The summed E-state index contributed by atoms with van der Waals surface area (Å²) < 4.78 is 1.84. The van der Waals surface area contributed by atoms with Gasteiger partial charge < -0.3 is 5.73 Å². The Kier molecular flexibility index (Phi) is 4.33. The number of aryl methyl sites for hydroxylation is 2. The molecule has 0 fully saturated rings. The summed E-state index contributed by atoms with van der Waals surface area (Å²) in [5.41, 5.74) is 8.47. The third-order valence-electron chi connectivity index (χ3n) is 3.19. The van der Waals surface area contributed by atoms with Gasteiger partial charge in [0, 0.05) is 24.8 Å². The highest BCUT2D eigenvalue weighted by Crippen LogP contribution is 2.24. The van der Waals surface area contributed by atoms with Gasteiger partial charge in [0.15, 0.2) is 0 Å². The minimum Gasteiger partial charge on any atom is -0.324 e. The van der Waals surface area contributed by atoms with E-state index >= 15 is 0 Å². The fourth-order valence-corrected chi connectivity index (χ4v) is 2.09. The van der Waals surface area contributed by atoms with Gasteiger partial charge in [0.05, 0.1) is 5.69 Å². The monoisotopic (exact) mass is 209 g/mol. The van der Waals surface area contributed by atoms with Gasteiger partial charge in [-0.15, -0.1) is 0 Å². The summed E-state index contributed by atoms with van der Waals surface area (Å²) in [4.78, 5) is 0. The molecule has 86 valence electrons. The average molecular weight is 209 g/mol. The first-order chi connectivity index (χ1) is 7.08. The zero-order valence-electron chi connectivity index (χ0n) is 10.3. The van der Waals surface area contributed by atoms with Crippen molar-refractivity contribution in [2.75, 3.05) is 0 Å². The van der Waals surface area contributed by atoms with E-state index in [1.165, 1.54) is 18.4 Å². The third-order valence-corrected chi connectivity index (χ3v) is 3.19. The van der Waals surface area contributed by atoms with Gasteiger partial charge in [0.1, 0.15) is 0 Å². The summed E-state index contributed by atoms with van der Waals surface area (Å²) in [6.07, 6.45) is 5.54. The summed E-state index contributed by atoms with van der Waals surface area (Å²) in [5.74, 6) is 0.736. The summed E-state index contributed by atoms with van der Waals surface area (Å²) in [5, 5.41) is 4.33. The molecule has 0 radical (unpaired) electrons. The Morgan fingerprint density at radius 1 is 1.40 bits per heavy atom. The van der Waals surface area contributed by atoms with Crippen LogP contribution in [0, 0.1) is 12.8 Å². The lowest BCUT2D eigenvalue weighted by molar-refractivity contribution is 0.414. The Hall–Kier alpha value is -0.830. The molecule has 1 heterocycles. The first-order valence-corrected chi connectivity index (χ1v) is 5.84. The van der Waals surface area contributed by atoms with Crippen LogP contribution in [0.25, 0.3) is 0 Å². The van der Waals surface area contributed by atoms with Crippen LogP contribution in [0.1, 0.15) is 50.4 Å². The van der Waals surface area contributed by atoms with Crippen LogP contribution in [0.3, 0.4) is 0 Å². The molecule has 3 heteroatoms. The lowest BCUT2D eigenvalue weighted by Crippen LogP contribution is -2.15. The van der Waals surface area contributed by atoms with E-state index in [1.807, 2.05) is 24.9 Å². The third kappa shape index (κ3) is 3.06. The van der Waals surface area contributed by atoms with Crippen molar-refractivity contribution in [2.45, 2.75) is 46.1 Å². The van der Waals surface area contributed by atoms with Crippen LogP contribution in [0.15, 0.2) is 6.20 Å². The fraction of sp³-hybridized carbons (Fsp3) is 0.750. The van der Waals surface area contributed by atoms with Crippen molar-refractivity contribution in [3.8, 4) is 0 Å². The van der Waals surface area contributed by atoms with Crippen molar-refractivity contribution in [1.29, 1.82) is 0 Å². The first kappa shape index (κ1) is 12.2. The van der Waals surface area contributed by atoms with Gasteiger partial charge in [-0.2, -0.15) is 5.10 Å². The summed E-state index contributed by atoms with van der Waals surface area (Å²) in [7, 11) is 1.94. The number of nitrogens with zero attached hydrogens (tertiary/aromatic N) is 2. The van der Waals surface area contributed by atoms with Crippen LogP contribution in [0.4, 0.5) is 0 Å². The minimum absolute atomic E-state index is 0.142. The highest BCUT2D eigenvalue weighted by atomic mass is 15.2. The molecule has 0 bridgehead atoms. The van der Waals surface area contributed by atoms with Crippen molar-refractivity contribution in [3.63, 3.8) is 0 Å². The molecular formula is C12H23N3. The second-order valence-electron chi connectivity index (χ2n) is 4.37. The zero-order chi connectivity index (χ0) is 11.4. The van der Waals surface area contributed by atoms with E-state index in [0.29, 0.717) is 0 Å². The fourth-order valence-electron chi connectivity index (χ4n) is 2.09. The van der Waals surface area contributed by atoms with Crippen molar-refractivity contribution in [1.82, 2.24) is 9.78 Å². The Morgan fingerprint density at radius 3 is 2.40 bits per heavy atom. The molecule has 15 heavy (non-hydrogen) atoms. The van der Waals surface area contributed by atoms with Crippen molar-refractivity contribution >= 4 is 0 Å². The molecule has 1 rings (SSSR count). The minimum atomic E-state index is 0.142. The SMILES string of the molecule is CCC(CC)CC(N)c1cn(C)nc1C. The predicted octanol–water partition coefficient (Wildman–Crippen LogP) is 2.55. The molecule has 0 saturated heterocycles. The van der Waals surface area contributed by atoms with E-state index in [-0.39, 0.29) is 6.04 Å². The van der Waals surface area contributed by atoms with E-state index in [0.717, 1.165) is 18.0 Å². The Bertz CT molecular complexity index is 300. The van der Waals surface area contributed by atoms with E-state index in [1.54, 1.807) is 0 Å². The highest BCUT2D eigenvalue weighted by molar-refractivity contribution is 5.19.